The van der Waals surface area contributed by atoms with E-state index in [4.69, 9.17) is 4.99 Å². The molecule has 2 atom stereocenters. The Balaban J connectivity index is 1.30. The number of rotatable bonds is 9. The van der Waals surface area contributed by atoms with Crippen LogP contribution in [0.1, 0.15) is 75.3 Å². The minimum absolute atomic E-state index is 0.0322. The fourth-order valence-corrected chi connectivity index (χ4v) is 9.95. The quantitative estimate of drug-likeness (QED) is 0.224. The lowest BCUT2D eigenvalue weighted by molar-refractivity contribution is 0.101. The molecule has 0 radical (unpaired) electrons. The van der Waals surface area contributed by atoms with Crippen molar-refractivity contribution in [3.63, 3.8) is 0 Å². The Kier molecular flexibility index (Phi) is 10.7. The first-order chi connectivity index (χ1) is 24.0. The molecule has 0 bridgehead atoms. The number of sulfonamides is 2. The number of nitrogens with zero attached hydrogens (tertiary/aromatic N) is 5. The first kappa shape index (κ1) is 35.6. The molecule has 2 aliphatic rings. The number of hydrogen-bond acceptors (Lipinski definition) is 7. The summed E-state index contributed by atoms with van der Waals surface area (Å²) in [7, 11) is -7.31. The third-order valence-corrected chi connectivity index (χ3v) is 13.6. The summed E-state index contributed by atoms with van der Waals surface area (Å²) < 4.78 is 58.1. The molecule has 3 heterocycles. The molecule has 2 saturated heterocycles. The van der Waals surface area contributed by atoms with Gasteiger partial charge in [0.2, 0.25) is 20.0 Å². The topological polar surface area (TPSA) is 134 Å². The molecule has 2 fully saturated rings. The minimum Gasteiger partial charge on any atom is -0.321 e. The molecule has 264 valence electrons. The summed E-state index contributed by atoms with van der Waals surface area (Å²) in [4.78, 5) is 18.9. The van der Waals surface area contributed by atoms with Gasteiger partial charge in [-0.25, -0.2) is 26.5 Å². The van der Waals surface area contributed by atoms with E-state index in [-0.39, 0.29) is 32.9 Å². The SMILES string of the molecule is CCc1ccc(-n2ccc(=Nc3ccc(S(=O)(=O)N4CCCC[C@@H]4C)cc3)c(C(=O)Nc3ccc(S(=O)(=O)N4CCCC[C@H]4C)cc3)n2)cc1. The molecule has 3 aromatic carbocycles. The number of nitrogens with one attached hydrogen (secondary N) is 1. The van der Waals surface area contributed by atoms with Gasteiger partial charge in [0.1, 0.15) is 0 Å². The molecule has 1 aromatic heterocycles. The average Bonchev–Trinajstić information content (AvgIpc) is 3.12. The summed E-state index contributed by atoms with van der Waals surface area (Å²) in [6, 6.07) is 21.9. The van der Waals surface area contributed by atoms with E-state index in [9.17, 15) is 21.6 Å². The minimum atomic E-state index is -3.66. The number of anilines is 1. The maximum absolute atomic E-state index is 13.8. The second kappa shape index (κ2) is 15.0. The highest BCUT2D eigenvalue weighted by atomic mass is 32.2. The predicted octanol–water partition coefficient (Wildman–Crippen LogP) is 6.05. The van der Waals surface area contributed by atoms with E-state index < -0.39 is 26.0 Å². The van der Waals surface area contributed by atoms with E-state index >= 15 is 0 Å². The molecule has 2 aliphatic heterocycles. The molecule has 4 aromatic rings. The molecule has 1 N–H and O–H groups in total. The van der Waals surface area contributed by atoms with Crippen molar-refractivity contribution in [2.24, 2.45) is 4.99 Å². The van der Waals surface area contributed by atoms with Crippen LogP contribution in [-0.4, -0.2) is 66.3 Å². The van der Waals surface area contributed by atoms with Crippen molar-refractivity contribution in [3.8, 4) is 5.69 Å². The van der Waals surface area contributed by atoms with Gasteiger partial charge in [0.05, 0.1) is 26.5 Å². The highest BCUT2D eigenvalue weighted by Gasteiger charge is 2.32. The van der Waals surface area contributed by atoms with E-state index in [1.54, 1.807) is 62.0 Å². The van der Waals surface area contributed by atoms with Crippen molar-refractivity contribution in [2.75, 3.05) is 18.4 Å². The van der Waals surface area contributed by atoms with E-state index in [0.717, 1.165) is 50.6 Å². The zero-order chi connectivity index (χ0) is 35.5. The Bertz CT molecular complexity index is 2110. The summed E-state index contributed by atoms with van der Waals surface area (Å²) >= 11 is 0. The summed E-state index contributed by atoms with van der Waals surface area (Å²) in [5.41, 5.74) is 2.81. The van der Waals surface area contributed by atoms with Crippen molar-refractivity contribution in [3.05, 3.63) is 102 Å². The fraction of sp³-hybridized carbons (Fsp3) is 0.378. The second-order valence-electron chi connectivity index (χ2n) is 13.0. The summed E-state index contributed by atoms with van der Waals surface area (Å²) in [5.74, 6) is -0.540. The largest absolute Gasteiger partial charge is 0.321 e. The third kappa shape index (κ3) is 7.60. The van der Waals surface area contributed by atoms with E-state index in [0.29, 0.717) is 24.5 Å². The lowest BCUT2D eigenvalue weighted by Gasteiger charge is -2.32. The number of aryl methyl sites for hydroxylation is 1. The Morgan fingerprint density at radius 2 is 1.30 bits per heavy atom. The lowest BCUT2D eigenvalue weighted by Crippen LogP contribution is -2.41. The molecule has 0 spiro atoms. The monoisotopic (exact) mass is 716 g/mol. The standard InChI is InChI=1S/C37H44N6O5S2/c1-4-29-11-17-32(18-12-29)41-26-23-35(38-30-13-19-33(20-14-30)49(45,46)42-24-7-5-9-27(42)2)36(40-41)37(44)39-31-15-21-34(22-16-31)50(47,48)43-25-8-6-10-28(43)3/h11-23,26-28H,4-10,24-25H2,1-3H3,(H,39,44)/t27-,28+/m0/s1. The van der Waals surface area contributed by atoms with Crippen LogP contribution < -0.4 is 10.7 Å². The van der Waals surface area contributed by atoms with Gasteiger partial charge in [-0.05, 0) is 118 Å². The second-order valence-corrected chi connectivity index (χ2v) is 16.8. The number of piperidine rings is 2. The number of benzene rings is 3. The fourth-order valence-electron chi connectivity index (χ4n) is 6.55. The van der Waals surface area contributed by atoms with Crippen LogP contribution in [0, 0.1) is 0 Å². The Morgan fingerprint density at radius 3 is 1.82 bits per heavy atom. The highest BCUT2D eigenvalue weighted by Crippen LogP contribution is 2.28. The average molecular weight is 717 g/mol. The van der Waals surface area contributed by atoms with Crippen molar-refractivity contribution < 1.29 is 21.6 Å². The smallest absolute Gasteiger partial charge is 0.278 e. The number of aromatic nitrogens is 2. The summed E-state index contributed by atoms with van der Waals surface area (Å²) in [6.45, 7) is 6.93. The Labute approximate surface area is 294 Å². The van der Waals surface area contributed by atoms with Crippen molar-refractivity contribution in [1.29, 1.82) is 0 Å². The van der Waals surface area contributed by atoms with Crippen molar-refractivity contribution >= 4 is 37.3 Å². The van der Waals surface area contributed by atoms with Gasteiger partial charge in [-0.3, -0.25) is 4.79 Å². The van der Waals surface area contributed by atoms with E-state index in [1.807, 2.05) is 38.1 Å². The molecule has 6 rings (SSSR count). The van der Waals surface area contributed by atoms with Crippen LogP contribution in [0.25, 0.3) is 5.69 Å². The molecule has 50 heavy (non-hydrogen) atoms. The van der Waals surface area contributed by atoms with Gasteiger partial charge in [0.25, 0.3) is 5.91 Å². The van der Waals surface area contributed by atoms with E-state index in [2.05, 4.69) is 17.3 Å². The lowest BCUT2D eigenvalue weighted by atomic mass is 10.1. The number of carbonyl (C=O) groups is 1. The third-order valence-electron chi connectivity index (χ3n) is 9.54. The molecule has 11 nitrogen and oxygen atoms in total. The van der Waals surface area contributed by atoms with Crippen LogP contribution in [0.2, 0.25) is 0 Å². The highest BCUT2D eigenvalue weighted by molar-refractivity contribution is 7.89. The van der Waals surface area contributed by atoms with Gasteiger partial charge < -0.3 is 5.32 Å². The first-order valence-electron chi connectivity index (χ1n) is 17.3. The molecule has 13 heteroatoms. The zero-order valence-electron chi connectivity index (χ0n) is 28.7. The van der Waals surface area contributed by atoms with Crippen LogP contribution in [-0.2, 0) is 26.5 Å². The summed E-state index contributed by atoms with van der Waals surface area (Å²) in [5, 5.41) is 7.78. The number of hydrogen-bond donors (Lipinski definition) is 1. The molecule has 0 unspecified atom stereocenters. The maximum atomic E-state index is 13.8. The van der Waals surface area contributed by atoms with Gasteiger partial charge in [-0.15, -0.1) is 0 Å². The molecule has 0 aliphatic carbocycles. The predicted molar refractivity (Wildman–Crippen MR) is 193 cm³/mol. The van der Waals surface area contributed by atoms with Crippen molar-refractivity contribution in [1.82, 2.24) is 18.4 Å². The first-order valence-corrected chi connectivity index (χ1v) is 20.1. The Morgan fingerprint density at radius 1 is 0.760 bits per heavy atom. The van der Waals surface area contributed by atoms with Gasteiger partial charge in [-0.1, -0.05) is 31.9 Å². The van der Waals surface area contributed by atoms with Gasteiger partial charge in [0.15, 0.2) is 5.69 Å². The Hall–Kier alpha value is -4.17. The molecule has 0 saturated carbocycles. The van der Waals surface area contributed by atoms with Gasteiger partial charge in [0, 0.05) is 37.1 Å². The summed E-state index contributed by atoms with van der Waals surface area (Å²) in [6.07, 6.45) is 7.96. The number of carbonyl (C=O) groups excluding carboxylic acids is 1. The molecule has 1 amide bonds. The van der Waals surface area contributed by atoms with Crippen LogP contribution in [0.15, 0.2) is 99.8 Å². The maximum Gasteiger partial charge on any atom is 0.278 e. The van der Waals surface area contributed by atoms with E-state index in [1.165, 1.54) is 17.7 Å². The van der Waals surface area contributed by atoms with Crippen LogP contribution in [0.5, 0.6) is 0 Å². The molecular weight excluding hydrogens is 673 g/mol. The normalized spacial score (nSPS) is 19.7. The van der Waals surface area contributed by atoms with Crippen LogP contribution in [0.3, 0.4) is 0 Å². The van der Waals surface area contributed by atoms with Gasteiger partial charge >= 0.3 is 0 Å². The van der Waals surface area contributed by atoms with Crippen LogP contribution >= 0.6 is 0 Å². The zero-order valence-corrected chi connectivity index (χ0v) is 30.3. The number of amides is 1. The van der Waals surface area contributed by atoms with Crippen LogP contribution in [0.4, 0.5) is 11.4 Å². The molecular formula is C37H44N6O5S2. The van der Waals surface area contributed by atoms with Crippen molar-refractivity contribution in [2.45, 2.75) is 87.6 Å². The van der Waals surface area contributed by atoms with Gasteiger partial charge in [-0.2, -0.15) is 13.7 Å².